The van der Waals surface area contributed by atoms with Crippen LogP contribution < -0.4 is 5.32 Å². The first kappa shape index (κ1) is 23.4. The van der Waals surface area contributed by atoms with Crippen LogP contribution >= 0.6 is 7.37 Å². The summed E-state index contributed by atoms with van der Waals surface area (Å²) in [5, 5.41) is 12.5. The van der Waals surface area contributed by atoms with Crippen LogP contribution in [0.15, 0.2) is 24.3 Å². The molecule has 0 aromatic heterocycles. The van der Waals surface area contributed by atoms with Crippen molar-refractivity contribution in [3.63, 3.8) is 0 Å². The van der Waals surface area contributed by atoms with Crippen molar-refractivity contribution in [1.29, 1.82) is 0 Å². The molecule has 1 aromatic rings. The maximum atomic E-state index is 11.6. The number of aryl methyl sites for hydroxylation is 1. The zero-order valence-electron chi connectivity index (χ0n) is 16.6. The van der Waals surface area contributed by atoms with E-state index in [1.54, 1.807) is 0 Å². The Morgan fingerprint density at radius 1 is 0.962 bits per heavy atom. The highest BCUT2D eigenvalue weighted by atomic mass is 31.2. The molecule has 0 aliphatic rings. The summed E-state index contributed by atoms with van der Waals surface area (Å²) in [7, 11) is -3.39. The third-order valence-electron chi connectivity index (χ3n) is 4.84. The normalized spacial score (nSPS) is 14.9. The Balaban J connectivity index is 2.12. The minimum Gasteiger partial charge on any atom is -0.383 e. The van der Waals surface area contributed by atoms with Crippen LogP contribution in [0, 0.1) is 0 Å². The highest BCUT2D eigenvalue weighted by Gasteiger charge is 2.23. The van der Waals surface area contributed by atoms with Gasteiger partial charge >= 0.3 is 0 Å². The molecular weight excluding hydrogens is 345 g/mol. The van der Waals surface area contributed by atoms with Crippen molar-refractivity contribution in [3.05, 3.63) is 35.4 Å². The Morgan fingerprint density at radius 3 is 2.15 bits per heavy atom. The van der Waals surface area contributed by atoms with Crippen LogP contribution in [-0.4, -0.2) is 28.6 Å². The molecule has 150 valence electrons. The first-order valence-corrected chi connectivity index (χ1v) is 12.1. The maximum absolute atomic E-state index is 11.6. The largest absolute Gasteiger partial charge is 0.383 e. The molecule has 0 spiro atoms. The number of rotatable bonds is 15. The third-order valence-corrected chi connectivity index (χ3v) is 6.96. The van der Waals surface area contributed by atoms with E-state index in [4.69, 9.17) is 0 Å². The fourth-order valence-electron chi connectivity index (χ4n) is 2.96. The monoisotopic (exact) mass is 383 g/mol. The second kappa shape index (κ2) is 13.5. The second-order valence-electron chi connectivity index (χ2n) is 7.33. The zero-order valence-corrected chi connectivity index (χ0v) is 17.5. The summed E-state index contributed by atoms with van der Waals surface area (Å²) < 4.78 is 11.6. The molecule has 0 aliphatic heterocycles. The topological polar surface area (TPSA) is 69.6 Å². The molecule has 0 fully saturated rings. The standard InChI is InChI=1S/C21H38NO3P/c1-3-4-5-6-7-8-9-11-20-12-14-21(15-13-20)18-22-16-10-17-26(24,25)19(2)23/h12-15,19,22-23H,3-11,16-18H2,1-2H3,(H,24,25). The Hall–Kier alpha value is -0.670. The van der Waals surface area contributed by atoms with E-state index in [2.05, 4.69) is 36.5 Å². The van der Waals surface area contributed by atoms with E-state index in [1.165, 1.54) is 63.0 Å². The SMILES string of the molecule is CCCCCCCCCc1ccc(CNCCCP(=O)(O)C(C)O)cc1. The molecule has 0 heterocycles. The Labute approximate surface area is 159 Å². The lowest BCUT2D eigenvalue weighted by molar-refractivity contribution is 0.248. The van der Waals surface area contributed by atoms with Crippen LogP contribution in [0.1, 0.15) is 76.3 Å². The number of aliphatic hydroxyl groups is 1. The Kier molecular flexibility index (Phi) is 12.1. The molecule has 3 N–H and O–H groups in total. The molecular formula is C21H38NO3P. The van der Waals surface area contributed by atoms with E-state index in [-0.39, 0.29) is 6.16 Å². The van der Waals surface area contributed by atoms with Gasteiger partial charge in [-0.05, 0) is 43.9 Å². The molecule has 0 amide bonds. The Morgan fingerprint density at radius 2 is 1.54 bits per heavy atom. The average molecular weight is 384 g/mol. The summed E-state index contributed by atoms with van der Waals surface area (Å²) in [4.78, 5) is 9.56. The van der Waals surface area contributed by atoms with Gasteiger partial charge in [-0.2, -0.15) is 0 Å². The average Bonchev–Trinajstić information content (AvgIpc) is 2.61. The van der Waals surface area contributed by atoms with Crippen molar-refractivity contribution >= 4 is 7.37 Å². The second-order valence-corrected chi connectivity index (χ2v) is 10.0. The van der Waals surface area contributed by atoms with Gasteiger partial charge in [-0.1, -0.05) is 69.7 Å². The summed E-state index contributed by atoms with van der Waals surface area (Å²) in [6.07, 6.45) is 11.3. The summed E-state index contributed by atoms with van der Waals surface area (Å²) in [6.45, 7) is 5.07. The molecule has 1 aromatic carbocycles. The fraction of sp³-hybridized carbons (Fsp3) is 0.714. The summed E-state index contributed by atoms with van der Waals surface area (Å²) in [5.41, 5.74) is 2.64. The van der Waals surface area contributed by atoms with E-state index in [0.717, 1.165) is 13.0 Å². The molecule has 0 saturated heterocycles. The number of hydrogen-bond acceptors (Lipinski definition) is 3. The number of aliphatic hydroxyl groups excluding tert-OH is 1. The van der Waals surface area contributed by atoms with Gasteiger partial charge in [-0.15, -0.1) is 0 Å². The highest BCUT2D eigenvalue weighted by molar-refractivity contribution is 7.58. The van der Waals surface area contributed by atoms with Crippen LogP contribution in [0.2, 0.25) is 0 Å². The van der Waals surface area contributed by atoms with Gasteiger partial charge in [0.1, 0.15) is 5.85 Å². The van der Waals surface area contributed by atoms with Crippen LogP contribution in [0.5, 0.6) is 0 Å². The van der Waals surface area contributed by atoms with E-state index < -0.39 is 13.2 Å². The van der Waals surface area contributed by atoms with E-state index in [9.17, 15) is 14.6 Å². The molecule has 2 atom stereocenters. The molecule has 0 saturated carbocycles. The molecule has 1 rings (SSSR count). The van der Waals surface area contributed by atoms with Crippen molar-refractivity contribution in [2.24, 2.45) is 0 Å². The lowest BCUT2D eigenvalue weighted by atomic mass is 10.0. The van der Waals surface area contributed by atoms with Gasteiger partial charge in [-0.25, -0.2) is 0 Å². The molecule has 4 nitrogen and oxygen atoms in total. The molecule has 0 radical (unpaired) electrons. The van der Waals surface area contributed by atoms with E-state index in [1.807, 2.05) is 0 Å². The van der Waals surface area contributed by atoms with Crippen LogP contribution in [0.3, 0.4) is 0 Å². The number of hydrogen-bond donors (Lipinski definition) is 3. The Bertz CT molecular complexity index is 516. The van der Waals surface area contributed by atoms with Crippen molar-refractivity contribution < 1.29 is 14.6 Å². The highest BCUT2D eigenvalue weighted by Crippen LogP contribution is 2.44. The van der Waals surface area contributed by atoms with E-state index in [0.29, 0.717) is 13.0 Å². The maximum Gasteiger partial charge on any atom is 0.227 e. The van der Waals surface area contributed by atoms with Gasteiger partial charge in [-0.3, -0.25) is 4.57 Å². The van der Waals surface area contributed by atoms with Gasteiger partial charge in [0, 0.05) is 12.7 Å². The van der Waals surface area contributed by atoms with Crippen LogP contribution in [0.4, 0.5) is 0 Å². The molecule has 0 aliphatic carbocycles. The van der Waals surface area contributed by atoms with Crippen molar-refractivity contribution in [2.75, 3.05) is 12.7 Å². The lowest BCUT2D eigenvalue weighted by Gasteiger charge is -2.14. The minimum absolute atomic E-state index is 0.162. The molecule has 5 heteroatoms. The predicted octanol–water partition coefficient (Wildman–Crippen LogP) is 5.07. The van der Waals surface area contributed by atoms with Gasteiger partial charge in [0.15, 0.2) is 0 Å². The van der Waals surface area contributed by atoms with Gasteiger partial charge in [0.2, 0.25) is 7.37 Å². The lowest BCUT2D eigenvalue weighted by Crippen LogP contribution is -2.17. The number of benzene rings is 1. The van der Waals surface area contributed by atoms with Crippen molar-refractivity contribution in [3.8, 4) is 0 Å². The molecule has 0 bridgehead atoms. The third kappa shape index (κ3) is 10.5. The fourth-order valence-corrected chi connectivity index (χ4v) is 3.95. The quantitative estimate of drug-likeness (QED) is 0.292. The van der Waals surface area contributed by atoms with Gasteiger partial charge in [0.25, 0.3) is 0 Å². The summed E-state index contributed by atoms with van der Waals surface area (Å²) >= 11 is 0. The summed E-state index contributed by atoms with van der Waals surface area (Å²) in [5.74, 6) is -1.13. The van der Waals surface area contributed by atoms with Gasteiger partial charge < -0.3 is 15.3 Å². The van der Waals surface area contributed by atoms with E-state index >= 15 is 0 Å². The molecule has 26 heavy (non-hydrogen) atoms. The number of unbranched alkanes of at least 4 members (excludes halogenated alkanes) is 6. The molecule has 2 unspecified atom stereocenters. The zero-order chi connectivity index (χ0) is 19.3. The van der Waals surface area contributed by atoms with Crippen LogP contribution in [-0.2, 0) is 17.5 Å². The first-order valence-electron chi connectivity index (χ1n) is 10.2. The van der Waals surface area contributed by atoms with Crippen LogP contribution in [0.25, 0.3) is 0 Å². The smallest absolute Gasteiger partial charge is 0.227 e. The van der Waals surface area contributed by atoms with Gasteiger partial charge in [0.05, 0.1) is 0 Å². The summed E-state index contributed by atoms with van der Waals surface area (Å²) in [6, 6.07) is 8.75. The van der Waals surface area contributed by atoms with Crippen molar-refractivity contribution in [1.82, 2.24) is 5.32 Å². The first-order chi connectivity index (χ1) is 12.5. The van der Waals surface area contributed by atoms with Crippen molar-refractivity contribution in [2.45, 2.75) is 84.0 Å². The number of nitrogens with one attached hydrogen (secondary N) is 1. The predicted molar refractivity (Wildman–Crippen MR) is 111 cm³/mol. The minimum atomic E-state index is -3.39.